The fourth-order valence-corrected chi connectivity index (χ4v) is 2.56. The number of hydrogen-bond acceptors (Lipinski definition) is 0. The lowest BCUT2D eigenvalue weighted by atomic mass is 9.89. The first kappa shape index (κ1) is 13.6. The quantitative estimate of drug-likeness (QED) is 0.592. The first-order valence-electron chi connectivity index (χ1n) is 6.36. The molecule has 1 aromatic rings. The first-order valence-corrected chi connectivity index (χ1v) is 6.89. The van der Waals surface area contributed by atoms with Crippen LogP contribution >= 0.6 is 11.6 Å². The number of benzene rings is 1. The predicted molar refractivity (Wildman–Crippen MR) is 73.0 cm³/mol. The van der Waals surface area contributed by atoms with Gasteiger partial charge in [0, 0.05) is 5.88 Å². The van der Waals surface area contributed by atoms with Crippen molar-refractivity contribution in [2.75, 3.05) is 5.88 Å². The molecule has 0 spiro atoms. The van der Waals surface area contributed by atoms with Gasteiger partial charge in [0.1, 0.15) is 0 Å². The summed E-state index contributed by atoms with van der Waals surface area (Å²) < 4.78 is 0. The van der Waals surface area contributed by atoms with Gasteiger partial charge in [-0.2, -0.15) is 0 Å². The van der Waals surface area contributed by atoms with Crippen molar-refractivity contribution in [1.82, 2.24) is 0 Å². The Labute approximate surface area is 105 Å². The Morgan fingerprint density at radius 3 is 2.44 bits per heavy atom. The zero-order chi connectivity index (χ0) is 11.8. The number of hydrogen-bond donors (Lipinski definition) is 0. The Bertz CT molecular complexity index is 268. The summed E-state index contributed by atoms with van der Waals surface area (Å²) in [5, 5.41) is 0. The van der Waals surface area contributed by atoms with Crippen LogP contribution in [-0.4, -0.2) is 5.88 Å². The zero-order valence-corrected chi connectivity index (χ0v) is 11.2. The second kappa shape index (κ2) is 7.73. The van der Waals surface area contributed by atoms with Crippen molar-refractivity contribution in [2.45, 2.75) is 39.5 Å². The van der Waals surface area contributed by atoms with Crippen LogP contribution in [0.15, 0.2) is 30.3 Å². The van der Waals surface area contributed by atoms with Gasteiger partial charge in [-0.05, 0) is 30.2 Å². The lowest BCUT2D eigenvalue weighted by Gasteiger charge is -2.18. The van der Waals surface area contributed by atoms with Gasteiger partial charge in [0.05, 0.1) is 0 Å². The van der Waals surface area contributed by atoms with E-state index in [2.05, 4.69) is 44.2 Å². The molecule has 1 aromatic carbocycles. The maximum absolute atomic E-state index is 6.06. The van der Waals surface area contributed by atoms with Crippen molar-refractivity contribution in [3.63, 3.8) is 0 Å². The molecule has 0 amide bonds. The molecular weight excluding hydrogens is 216 g/mol. The van der Waals surface area contributed by atoms with Crippen LogP contribution in [0.3, 0.4) is 0 Å². The fourth-order valence-electron chi connectivity index (χ4n) is 2.33. The molecule has 0 bridgehead atoms. The lowest BCUT2D eigenvalue weighted by molar-refractivity contribution is 0.393. The monoisotopic (exact) mass is 238 g/mol. The molecule has 2 atom stereocenters. The Hall–Kier alpha value is -0.490. The summed E-state index contributed by atoms with van der Waals surface area (Å²) in [6.07, 6.45) is 4.98. The molecule has 16 heavy (non-hydrogen) atoms. The highest BCUT2D eigenvalue weighted by Gasteiger charge is 2.12. The van der Waals surface area contributed by atoms with E-state index in [1.54, 1.807) is 0 Å². The molecule has 0 N–H and O–H groups in total. The maximum Gasteiger partial charge on any atom is 0.0255 e. The molecule has 0 saturated carbocycles. The summed E-state index contributed by atoms with van der Waals surface area (Å²) in [6.45, 7) is 4.59. The van der Waals surface area contributed by atoms with Crippen LogP contribution in [0.25, 0.3) is 0 Å². The fraction of sp³-hybridized carbons (Fsp3) is 0.600. The molecule has 0 saturated heterocycles. The molecular formula is C15H23Cl. The maximum atomic E-state index is 6.06. The van der Waals surface area contributed by atoms with Crippen molar-refractivity contribution in [3.05, 3.63) is 35.9 Å². The Morgan fingerprint density at radius 2 is 1.88 bits per heavy atom. The smallest absolute Gasteiger partial charge is 0.0255 e. The largest absolute Gasteiger partial charge is 0.126 e. The molecule has 0 fully saturated rings. The van der Waals surface area contributed by atoms with Gasteiger partial charge in [-0.3, -0.25) is 0 Å². The number of alkyl halides is 1. The number of halogens is 1. The van der Waals surface area contributed by atoms with Gasteiger partial charge < -0.3 is 0 Å². The highest BCUT2D eigenvalue weighted by Crippen LogP contribution is 2.21. The molecule has 0 aliphatic carbocycles. The van der Waals surface area contributed by atoms with Gasteiger partial charge in [0.25, 0.3) is 0 Å². The second-order valence-corrected chi connectivity index (χ2v) is 5.15. The minimum Gasteiger partial charge on any atom is -0.126 e. The summed E-state index contributed by atoms with van der Waals surface area (Å²) in [4.78, 5) is 0. The zero-order valence-electron chi connectivity index (χ0n) is 10.5. The van der Waals surface area contributed by atoms with E-state index in [1.807, 2.05) is 0 Å². The minimum absolute atomic E-state index is 0.630. The molecule has 1 heteroatoms. The molecule has 0 heterocycles. The Balaban J connectivity index is 2.43. The third kappa shape index (κ3) is 5.03. The van der Waals surface area contributed by atoms with Crippen molar-refractivity contribution < 1.29 is 0 Å². The summed E-state index contributed by atoms with van der Waals surface area (Å²) in [5.41, 5.74) is 1.41. The average Bonchev–Trinajstić information content (AvgIpc) is 2.30. The van der Waals surface area contributed by atoms with E-state index in [1.165, 1.54) is 24.8 Å². The van der Waals surface area contributed by atoms with Crippen molar-refractivity contribution >= 4 is 11.6 Å². The van der Waals surface area contributed by atoms with E-state index in [0.29, 0.717) is 5.92 Å². The van der Waals surface area contributed by atoms with Crippen LogP contribution in [0.2, 0.25) is 0 Å². The second-order valence-electron chi connectivity index (χ2n) is 4.84. The van der Waals surface area contributed by atoms with Crippen LogP contribution in [0.4, 0.5) is 0 Å². The van der Waals surface area contributed by atoms with Gasteiger partial charge in [0.15, 0.2) is 0 Å². The molecule has 1 rings (SSSR count). The standard InChI is InChI=1S/C15H23Cl/c1-3-7-13(2)10-15(12-16)11-14-8-5-4-6-9-14/h4-6,8-9,13,15H,3,7,10-12H2,1-2H3. The van der Waals surface area contributed by atoms with E-state index < -0.39 is 0 Å². The highest BCUT2D eigenvalue weighted by molar-refractivity contribution is 6.18. The van der Waals surface area contributed by atoms with Gasteiger partial charge in [-0.1, -0.05) is 57.0 Å². The Morgan fingerprint density at radius 1 is 1.19 bits per heavy atom. The lowest BCUT2D eigenvalue weighted by Crippen LogP contribution is -2.11. The molecule has 0 aliphatic rings. The summed E-state index contributed by atoms with van der Waals surface area (Å²) in [6, 6.07) is 10.7. The van der Waals surface area contributed by atoms with E-state index in [9.17, 15) is 0 Å². The molecule has 90 valence electrons. The molecule has 0 aromatic heterocycles. The van der Waals surface area contributed by atoms with Gasteiger partial charge in [-0.25, -0.2) is 0 Å². The van der Waals surface area contributed by atoms with Crippen molar-refractivity contribution in [2.24, 2.45) is 11.8 Å². The van der Waals surface area contributed by atoms with E-state index >= 15 is 0 Å². The van der Waals surface area contributed by atoms with Crippen LogP contribution in [-0.2, 0) is 6.42 Å². The topological polar surface area (TPSA) is 0 Å². The third-order valence-electron chi connectivity index (χ3n) is 3.10. The van der Waals surface area contributed by atoms with Crippen LogP contribution in [0.5, 0.6) is 0 Å². The van der Waals surface area contributed by atoms with Crippen molar-refractivity contribution in [3.8, 4) is 0 Å². The molecule has 0 radical (unpaired) electrons. The average molecular weight is 239 g/mol. The van der Waals surface area contributed by atoms with Gasteiger partial charge >= 0.3 is 0 Å². The minimum atomic E-state index is 0.630. The van der Waals surface area contributed by atoms with Crippen LogP contribution in [0.1, 0.15) is 38.7 Å². The summed E-state index contributed by atoms with van der Waals surface area (Å²) in [5.74, 6) is 2.21. The molecule has 2 unspecified atom stereocenters. The van der Waals surface area contributed by atoms with Crippen molar-refractivity contribution in [1.29, 1.82) is 0 Å². The molecule has 0 nitrogen and oxygen atoms in total. The first-order chi connectivity index (χ1) is 7.76. The van der Waals surface area contributed by atoms with Crippen LogP contribution < -0.4 is 0 Å². The summed E-state index contributed by atoms with van der Waals surface area (Å²) in [7, 11) is 0. The third-order valence-corrected chi connectivity index (χ3v) is 3.54. The van der Waals surface area contributed by atoms with E-state index in [4.69, 9.17) is 11.6 Å². The van der Waals surface area contributed by atoms with Crippen LogP contribution in [0, 0.1) is 11.8 Å². The molecule has 0 aliphatic heterocycles. The van der Waals surface area contributed by atoms with Gasteiger partial charge in [0.2, 0.25) is 0 Å². The van der Waals surface area contributed by atoms with Gasteiger partial charge in [-0.15, -0.1) is 11.6 Å². The Kier molecular flexibility index (Phi) is 6.56. The SMILES string of the molecule is CCCC(C)CC(CCl)Cc1ccccc1. The summed E-state index contributed by atoms with van der Waals surface area (Å²) >= 11 is 6.06. The van der Waals surface area contributed by atoms with E-state index in [-0.39, 0.29) is 0 Å². The van der Waals surface area contributed by atoms with E-state index in [0.717, 1.165) is 18.2 Å². The number of rotatable bonds is 7. The highest BCUT2D eigenvalue weighted by atomic mass is 35.5. The normalized spacial score (nSPS) is 14.7. The predicted octanol–water partition coefficient (Wildman–Crippen LogP) is 4.91.